The third-order valence-electron chi connectivity index (χ3n) is 5.28. The molecule has 1 saturated carbocycles. The largest absolute Gasteiger partial charge is 0.496 e. The fraction of sp³-hybridized carbons (Fsp3) is 0.625. The Kier molecular flexibility index (Phi) is 3.51. The van der Waals surface area contributed by atoms with Crippen molar-refractivity contribution in [3.05, 3.63) is 27.7 Å². The lowest BCUT2D eigenvalue weighted by atomic mass is 9.97. The maximum atomic E-state index is 10.8. The highest BCUT2D eigenvalue weighted by molar-refractivity contribution is 9.10. The lowest BCUT2D eigenvalue weighted by molar-refractivity contribution is 0.127. The summed E-state index contributed by atoms with van der Waals surface area (Å²) in [5.74, 6) is 1.02. The van der Waals surface area contributed by atoms with Crippen molar-refractivity contribution in [3.63, 3.8) is 0 Å². The van der Waals surface area contributed by atoms with E-state index in [1.54, 1.807) is 7.11 Å². The van der Waals surface area contributed by atoms with Crippen molar-refractivity contribution in [2.75, 3.05) is 7.11 Å². The topological polar surface area (TPSA) is 29.5 Å². The van der Waals surface area contributed by atoms with Crippen LogP contribution in [0.4, 0.5) is 0 Å². The molecule has 0 radical (unpaired) electrons. The van der Waals surface area contributed by atoms with E-state index in [1.165, 1.54) is 0 Å². The Morgan fingerprint density at radius 3 is 2.16 bits per heavy atom. The van der Waals surface area contributed by atoms with Crippen LogP contribution in [0.25, 0.3) is 0 Å². The number of aliphatic hydroxyl groups excluding tert-OH is 1. The van der Waals surface area contributed by atoms with Crippen LogP contribution in [0, 0.1) is 23.7 Å². The van der Waals surface area contributed by atoms with Crippen molar-refractivity contribution in [2.24, 2.45) is 16.7 Å². The van der Waals surface area contributed by atoms with Gasteiger partial charge in [-0.05, 0) is 35.4 Å². The van der Waals surface area contributed by atoms with Gasteiger partial charge < -0.3 is 9.84 Å². The predicted molar refractivity (Wildman–Crippen MR) is 81.4 cm³/mol. The molecule has 2 nitrogen and oxygen atoms in total. The molecule has 1 unspecified atom stereocenters. The number of hydrogen-bond acceptors (Lipinski definition) is 2. The Morgan fingerprint density at radius 1 is 1.21 bits per heavy atom. The number of aryl methyl sites for hydroxylation is 1. The summed E-state index contributed by atoms with van der Waals surface area (Å²) < 4.78 is 6.45. The Bertz CT molecular complexity index is 492. The number of aliphatic hydroxyl groups is 1. The number of hydrogen-bond donors (Lipinski definition) is 1. The van der Waals surface area contributed by atoms with Crippen molar-refractivity contribution in [1.29, 1.82) is 0 Å². The van der Waals surface area contributed by atoms with Gasteiger partial charge in [0.1, 0.15) is 5.75 Å². The van der Waals surface area contributed by atoms with Gasteiger partial charge in [0.05, 0.1) is 13.2 Å². The van der Waals surface area contributed by atoms with E-state index in [4.69, 9.17) is 4.74 Å². The minimum absolute atomic E-state index is 0.148. The molecule has 106 valence electrons. The highest BCUT2D eigenvalue weighted by Crippen LogP contribution is 2.72. The van der Waals surface area contributed by atoms with E-state index < -0.39 is 6.10 Å². The van der Waals surface area contributed by atoms with Crippen molar-refractivity contribution in [1.82, 2.24) is 0 Å². The Labute approximate surface area is 124 Å². The average molecular weight is 327 g/mol. The minimum atomic E-state index is -0.489. The summed E-state index contributed by atoms with van der Waals surface area (Å²) in [7, 11) is 1.65. The van der Waals surface area contributed by atoms with Gasteiger partial charge in [-0.3, -0.25) is 0 Å². The van der Waals surface area contributed by atoms with Crippen LogP contribution in [0.15, 0.2) is 16.6 Å². The Morgan fingerprint density at radius 2 is 1.74 bits per heavy atom. The number of rotatable bonds is 3. The van der Waals surface area contributed by atoms with Crippen LogP contribution in [0.1, 0.15) is 44.9 Å². The van der Waals surface area contributed by atoms with Crippen LogP contribution in [-0.2, 0) is 0 Å². The van der Waals surface area contributed by atoms with Gasteiger partial charge >= 0.3 is 0 Å². The fourth-order valence-corrected chi connectivity index (χ4v) is 3.66. The fourth-order valence-electron chi connectivity index (χ4n) is 3.29. The quantitative estimate of drug-likeness (QED) is 0.887. The summed E-state index contributed by atoms with van der Waals surface area (Å²) in [6.45, 7) is 10.9. The molecule has 1 aliphatic carbocycles. The monoisotopic (exact) mass is 326 g/mol. The van der Waals surface area contributed by atoms with E-state index in [0.717, 1.165) is 21.3 Å². The molecule has 2 rings (SSSR count). The molecule has 1 fully saturated rings. The normalized spacial score (nSPS) is 22.1. The van der Waals surface area contributed by atoms with E-state index in [9.17, 15) is 5.11 Å². The highest BCUT2D eigenvalue weighted by atomic mass is 79.9. The molecule has 1 N–H and O–H groups in total. The Balaban J connectivity index is 2.41. The minimum Gasteiger partial charge on any atom is -0.496 e. The van der Waals surface area contributed by atoms with Gasteiger partial charge in [0, 0.05) is 16.0 Å². The molecule has 1 atom stereocenters. The summed E-state index contributed by atoms with van der Waals surface area (Å²) >= 11 is 3.54. The third kappa shape index (κ3) is 2.11. The average Bonchev–Trinajstić information content (AvgIpc) is 2.72. The van der Waals surface area contributed by atoms with Crippen LogP contribution < -0.4 is 4.74 Å². The third-order valence-corrected chi connectivity index (χ3v) is 6.13. The molecule has 1 aromatic rings. The molecule has 0 heterocycles. The zero-order valence-corrected chi connectivity index (χ0v) is 14.1. The second kappa shape index (κ2) is 4.49. The maximum absolute atomic E-state index is 10.8. The smallest absolute Gasteiger partial charge is 0.125 e. The van der Waals surface area contributed by atoms with Crippen LogP contribution in [-0.4, -0.2) is 12.2 Å². The van der Waals surface area contributed by atoms with Crippen molar-refractivity contribution >= 4 is 15.9 Å². The van der Waals surface area contributed by atoms with Crippen LogP contribution in [0.3, 0.4) is 0 Å². The second-order valence-electron chi connectivity index (χ2n) is 6.71. The van der Waals surface area contributed by atoms with Crippen LogP contribution in [0.5, 0.6) is 5.75 Å². The first-order valence-electron chi connectivity index (χ1n) is 6.66. The molecule has 0 bridgehead atoms. The molecule has 1 aliphatic rings. The SMILES string of the molecule is COc1cc(C)c(Br)cc1C(O)C1C(C)(C)C1(C)C. The van der Waals surface area contributed by atoms with E-state index in [1.807, 2.05) is 19.1 Å². The summed E-state index contributed by atoms with van der Waals surface area (Å²) in [4.78, 5) is 0. The van der Waals surface area contributed by atoms with E-state index in [0.29, 0.717) is 0 Å². The first-order valence-corrected chi connectivity index (χ1v) is 7.46. The van der Waals surface area contributed by atoms with E-state index >= 15 is 0 Å². The maximum Gasteiger partial charge on any atom is 0.125 e. The molecule has 19 heavy (non-hydrogen) atoms. The van der Waals surface area contributed by atoms with Crippen LogP contribution >= 0.6 is 15.9 Å². The first kappa shape index (κ1) is 14.9. The number of methoxy groups -OCH3 is 1. The number of halogens is 1. The second-order valence-corrected chi connectivity index (χ2v) is 7.56. The highest BCUT2D eigenvalue weighted by Gasteiger charge is 2.67. The zero-order valence-electron chi connectivity index (χ0n) is 12.5. The predicted octanol–water partition coefficient (Wildman–Crippen LogP) is 4.48. The zero-order chi connectivity index (χ0) is 14.6. The van der Waals surface area contributed by atoms with Crippen LogP contribution in [0.2, 0.25) is 0 Å². The Hall–Kier alpha value is -0.540. The molecule has 0 aromatic heterocycles. The van der Waals surface area contributed by atoms with E-state index in [2.05, 4.69) is 43.6 Å². The van der Waals surface area contributed by atoms with Gasteiger partial charge in [-0.25, -0.2) is 0 Å². The first-order chi connectivity index (χ1) is 8.64. The summed E-state index contributed by atoms with van der Waals surface area (Å²) in [6, 6.07) is 3.97. The van der Waals surface area contributed by atoms with Crippen molar-refractivity contribution in [2.45, 2.75) is 40.7 Å². The molecule has 0 aliphatic heterocycles. The lowest BCUT2D eigenvalue weighted by Crippen LogP contribution is -2.08. The molecule has 0 spiro atoms. The van der Waals surface area contributed by atoms with Gasteiger partial charge in [-0.15, -0.1) is 0 Å². The summed E-state index contributed by atoms with van der Waals surface area (Å²) in [5.41, 5.74) is 2.29. The standard InChI is InChI=1S/C16H23BrO2/c1-9-7-12(19-6)10(8-11(9)17)13(18)14-15(2,3)16(14,4)5/h7-8,13-14,18H,1-6H3. The molecule has 3 heteroatoms. The van der Waals surface area contributed by atoms with Gasteiger partial charge in [-0.1, -0.05) is 43.6 Å². The number of ether oxygens (including phenoxy) is 1. The van der Waals surface area contributed by atoms with Gasteiger partial charge in [0.2, 0.25) is 0 Å². The lowest BCUT2D eigenvalue weighted by Gasteiger charge is -2.18. The molecule has 1 aromatic carbocycles. The van der Waals surface area contributed by atoms with Crippen molar-refractivity contribution < 1.29 is 9.84 Å². The van der Waals surface area contributed by atoms with Gasteiger partial charge in [0.25, 0.3) is 0 Å². The molecular weight excluding hydrogens is 304 g/mol. The molecular formula is C16H23BrO2. The van der Waals surface area contributed by atoms with E-state index in [-0.39, 0.29) is 16.7 Å². The molecule has 0 amide bonds. The summed E-state index contributed by atoms with van der Waals surface area (Å²) in [6.07, 6.45) is -0.489. The summed E-state index contributed by atoms with van der Waals surface area (Å²) in [5, 5.41) is 10.8. The number of benzene rings is 1. The van der Waals surface area contributed by atoms with Gasteiger partial charge in [0.15, 0.2) is 0 Å². The van der Waals surface area contributed by atoms with Crippen molar-refractivity contribution in [3.8, 4) is 5.75 Å². The van der Waals surface area contributed by atoms with Gasteiger partial charge in [-0.2, -0.15) is 0 Å². The molecule has 0 saturated heterocycles.